The van der Waals surface area contributed by atoms with E-state index in [0.29, 0.717) is 0 Å². The predicted molar refractivity (Wildman–Crippen MR) is 139 cm³/mol. The number of rotatable bonds is 16. The van der Waals surface area contributed by atoms with Crippen LogP contribution in [0.1, 0.15) is 99.9 Å². The van der Waals surface area contributed by atoms with E-state index in [-0.39, 0.29) is 5.91 Å². The Morgan fingerprint density at radius 3 is 2.06 bits per heavy atom. The van der Waals surface area contributed by atoms with Crippen molar-refractivity contribution in [1.82, 2.24) is 14.9 Å². The maximum atomic E-state index is 12.4. The Labute approximate surface area is 199 Å². The number of hydrogen-bond acceptors (Lipinski definition) is 2. The zero-order valence-electron chi connectivity index (χ0n) is 20.4. The number of hydrogen-bond donors (Lipinski definition) is 1. The van der Waals surface area contributed by atoms with E-state index in [9.17, 15) is 4.79 Å². The molecule has 0 saturated heterocycles. The lowest BCUT2D eigenvalue weighted by Gasteiger charge is -2.08. The monoisotopic (exact) mass is 447 g/mol. The second-order valence-corrected chi connectivity index (χ2v) is 9.20. The van der Waals surface area contributed by atoms with Gasteiger partial charge in [-0.2, -0.15) is 0 Å². The molecular weight excluding hydrogens is 406 g/mol. The molecule has 1 aromatic heterocycles. The summed E-state index contributed by atoms with van der Waals surface area (Å²) in [6.07, 6.45) is 17.9. The third-order valence-electron chi connectivity index (χ3n) is 6.41. The molecule has 0 unspecified atom stereocenters. The van der Waals surface area contributed by atoms with Gasteiger partial charge >= 0.3 is 0 Å². The highest BCUT2D eigenvalue weighted by Crippen LogP contribution is 2.15. The van der Waals surface area contributed by atoms with Crippen LogP contribution in [0.15, 0.2) is 54.9 Å². The number of carbonyl (C=O) groups excluding carboxylic acids is 1. The lowest BCUT2D eigenvalue weighted by molar-refractivity contribution is 0.0953. The Balaban J connectivity index is 1.25. The summed E-state index contributed by atoms with van der Waals surface area (Å²) in [6.45, 7) is 3.79. The molecular formula is C29H41N3O. The van der Waals surface area contributed by atoms with Gasteiger partial charge in [-0.15, -0.1) is 0 Å². The molecule has 4 heteroatoms. The zero-order chi connectivity index (χ0) is 23.1. The Morgan fingerprint density at radius 1 is 0.788 bits per heavy atom. The summed E-state index contributed by atoms with van der Waals surface area (Å²) in [7, 11) is 0. The minimum atomic E-state index is 0.0257. The number of benzene rings is 2. The summed E-state index contributed by atoms with van der Waals surface area (Å²) in [4.78, 5) is 16.9. The van der Waals surface area contributed by atoms with Gasteiger partial charge in [0.05, 0.1) is 17.4 Å². The van der Waals surface area contributed by atoms with Crippen molar-refractivity contribution in [3.63, 3.8) is 0 Å². The molecule has 0 radical (unpaired) electrons. The number of aromatic nitrogens is 2. The quantitative estimate of drug-likeness (QED) is 0.231. The van der Waals surface area contributed by atoms with Crippen molar-refractivity contribution >= 4 is 16.9 Å². The number of imidazole rings is 1. The van der Waals surface area contributed by atoms with E-state index < -0.39 is 0 Å². The van der Waals surface area contributed by atoms with Crippen LogP contribution >= 0.6 is 0 Å². The first kappa shape index (κ1) is 25.0. The first-order valence-electron chi connectivity index (χ1n) is 13.0. The van der Waals surface area contributed by atoms with Crippen LogP contribution in [0.4, 0.5) is 0 Å². The molecule has 0 spiro atoms. The Morgan fingerprint density at radius 2 is 1.39 bits per heavy atom. The molecule has 1 N–H and O–H groups in total. The molecule has 3 rings (SSSR count). The van der Waals surface area contributed by atoms with Crippen molar-refractivity contribution in [1.29, 1.82) is 0 Å². The fraction of sp³-hybridized carbons (Fsp3) is 0.517. The molecule has 178 valence electrons. The summed E-state index contributed by atoms with van der Waals surface area (Å²) in [6, 6.07) is 16.1. The first-order valence-corrected chi connectivity index (χ1v) is 13.0. The predicted octanol–water partition coefficient (Wildman–Crippen LogP) is 7.52. The van der Waals surface area contributed by atoms with Crippen molar-refractivity contribution in [2.24, 2.45) is 0 Å². The van der Waals surface area contributed by atoms with Crippen LogP contribution in [-0.2, 0) is 6.54 Å². The summed E-state index contributed by atoms with van der Waals surface area (Å²) in [5.41, 5.74) is 4.02. The second kappa shape index (κ2) is 14.5. The molecule has 0 atom stereocenters. The highest BCUT2D eigenvalue weighted by Gasteiger charge is 2.06. The average molecular weight is 448 g/mol. The molecule has 0 aliphatic heterocycles. The van der Waals surface area contributed by atoms with Gasteiger partial charge in [-0.3, -0.25) is 4.79 Å². The van der Waals surface area contributed by atoms with Gasteiger partial charge in [0.1, 0.15) is 0 Å². The Kier molecular flexibility index (Phi) is 11.0. The molecule has 2 aromatic carbocycles. The highest BCUT2D eigenvalue weighted by atomic mass is 16.1. The number of unbranched alkanes of at least 4 members (excludes halogenated alkanes) is 11. The van der Waals surface area contributed by atoms with Gasteiger partial charge in [-0.05, 0) is 36.2 Å². The summed E-state index contributed by atoms with van der Waals surface area (Å²) >= 11 is 0. The van der Waals surface area contributed by atoms with Gasteiger partial charge in [0.25, 0.3) is 5.91 Å². The second-order valence-electron chi connectivity index (χ2n) is 9.20. The minimum Gasteiger partial charge on any atom is -0.352 e. The zero-order valence-corrected chi connectivity index (χ0v) is 20.4. The number of nitrogens with zero attached hydrogens (tertiary/aromatic N) is 2. The van der Waals surface area contributed by atoms with Gasteiger partial charge in [0.15, 0.2) is 0 Å². The average Bonchev–Trinajstić information content (AvgIpc) is 3.25. The summed E-state index contributed by atoms with van der Waals surface area (Å²) < 4.78 is 2.14. The fourth-order valence-corrected chi connectivity index (χ4v) is 4.36. The Bertz CT molecular complexity index is 945. The van der Waals surface area contributed by atoms with Crippen LogP contribution in [0.25, 0.3) is 11.0 Å². The molecule has 0 aliphatic rings. The lowest BCUT2D eigenvalue weighted by Crippen LogP contribution is -2.24. The molecule has 0 saturated carbocycles. The number of para-hydroxylation sites is 2. The molecule has 0 fully saturated rings. The van der Waals surface area contributed by atoms with Gasteiger partial charge in [-0.25, -0.2) is 4.98 Å². The fourth-order valence-electron chi connectivity index (χ4n) is 4.36. The molecule has 33 heavy (non-hydrogen) atoms. The van der Waals surface area contributed by atoms with Gasteiger partial charge in [0.2, 0.25) is 0 Å². The third-order valence-corrected chi connectivity index (χ3v) is 6.41. The summed E-state index contributed by atoms with van der Waals surface area (Å²) in [5, 5.41) is 3.07. The standard InChI is InChI=1S/C29H41N3O/c1-2-3-4-5-6-7-8-9-10-11-12-15-22-30-29(33)26-20-18-25(19-21-26)23-32-24-31-27-16-13-14-17-28(27)32/h13-14,16-21,24H,2-12,15,22-23H2,1H3,(H,30,33). The van der Waals surface area contributed by atoms with E-state index in [2.05, 4.69) is 27.9 Å². The van der Waals surface area contributed by atoms with E-state index in [1.807, 2.05) is 48.8 Å². The van der Waals surface area contributed by atoms with Crippen LogP contribution < -0.4 is 5.32 Å². The van der Waals surface area contributed by atoms with Crippen LogP contribution in [0.3, 0.4) is 0 Å². The van der Waals surface area contributed by atoms with E-state index in [0.717, 1.165) is 41.7 Å². The summed E-state index contributed by atoms with van der Waals surface area (Å²) in [5.74, 6) is 0.0257. The van der Waals surface area contributed by atoms with Crippen LogP contribution in [0, 0.1) is 0 Å². The van der Waals surface area contributed by atoms with Crippen molar-refractivity contribution in [3.8, 4) is 0 Å². The first-order chi connectivity index (χ1) is 16.3. The van der Waals surface area contributed by atoms with Gasteiger partial charge < -0.3 is 9.88 Å². The maximum absolute atomic E-state index is 12.4. The molecule has 1 amide bonds. The van der Waals surface area contributed by atoms with Gasteiger partial charge in [0, 0.05) is 18.7 Å². The normalized spacial score (nSPS) is 11.2. The van der Waals surface area contributed by atoms with Crippen LogP contribution in [0.5, 0.6) is 0 Å². The van der Waals surface area contributed by atoms with Crippen molar-refractivity contribution < 1.29 is 4.79 Å². The molecule has 4 nitrogen and oxygen atoms in total. The number of nitrogens with one attached hydrogen (secondary N) is 1. The van der Waals surface area contributed by atoms with Crippen molar-refractivity contribution in [2.45, 2.75) is 90.5 Å². The van der Waals surface area contributed by atoms with E-state index in [4.69, 9.17) is 0 Å². The topological polar surface area (TPSA) is 46.9 Å². The SMILES string of the molecule is CCCCCCCCCCCCCCNC(=O)c1ccc(Cn2cnc3ccccc32)cc1. The molecule has 3 aromatic rings. The lowest BCUT2D eigenvalue weighted by atomic mass is 10.1. The van der Waals surface area contributed by atoms with Crippen LogP contribution in [-0.4, -0.2) is 22.0 Å². The minimum absolute atomic E-state index is 0.0257. The third kappa shape index (κ3) is 8.68. The number of fused-ring (bicyclic) bond motifs is 1. The van der Waals surface area contributed by atoms with Gasteiger partial charge in [-0.1, -0.05) is 102 Å². The largest absolute Gasteiger partial charge is 0.352 e. The highest BCUT2D eigenvalue weighted by molar-refractivity contribution is 5.94. The van der Waals surface area contributed by atoms with E-state index in [1.165, 1.54) is 70.6 Å². The number of amides is 1. The van der Waals surface area contributed by atoms with Crippen LogP contribution in [0.2, 0.25) is 0 Å². The molecule has 0 aliphatic carbocycles. The maximum Gasteiger partial charge on any atom is 0.251 e. The molecule has 1 heterocycles. The number of carbonyl (C=O) groups is 1. The van der Waals surface area contributed by atoms with E-state index in [1.54, 1.807) is 0 Å². The van der Waals surface area contributed by atoms with E-state index >= 15 is 0 Å². The van der Waals surface area contributed by atoms with Crippen molar-refractivity contribution in [3.05, 3.63) is 66.0 Å². The Hall–Kier alpha value is -2.62. The van der Waals surface area contributed by atoms with Crippen molar-refractivity contribution in [2.75, 3.05) is 6.54 Å². The molecule has 0 bridgehead atoms. The smallest absolute Gasteiger partial charge is 0.251 e.